The lowest BCUT2D eigenvalue weighted by atomic mass is 9.80. The maximum atomic E-state index is 13.2. The second kappa shape index (κ2) is 12.7. The molecular weight excluding hydrogens is 460 g/mol. The lowest BCUT2D eigenvalue weighted by molar-refractivity contribution is -0.143. The molecule has 196 valence electrons. The number of amides is 1. The van der Waals surface area contributed by atoms with Crippen LogP contribution in [0.4, 0.5) is 5.69 Å². The van der Waals surface area contributed by atoms with E-state index in [0.29, 0.717) is 33.8 Å². The third-order valence-corrected chi connectivity index (χ3v) is 6.53. The van der Waals surface area contributed by atoms with Gasteiger partial charge < -0.3 is 24.8 Å². The van der Waals surface area contributed by atoms with Gasteiger partial charge in [-0.3, -0.25) is 4.79 Å². The first-order valence-electron chi connectivity index (χ1n) is 12.7. The van der Waals surface area contributed by atoms with Gasteiger partial charge in [0.1, 0.15) is 6.61 Å². The fourth-order valence-electron chi connectivity index (χ4n) is 4.85. The summed E-state index contributed by atoms with van der Waals surface area (Å²) in [6.45, 7) is 7.47. The van der Waals surface area contributed by atoms with Crippen LogP contribution >= 0.6 is 0 Å². The van der Waals surface area contributed by atoms with Crippen molar-refractivity contribution < 1.29 is 28.6 Å². The van der Waals surface area contributed by atoms with Gasteiger partial charge in [0.2, 0.25) is 5.91 Å². The second-order valence-corrected chi connectivity index (χ2v) is 9.67. The van der Waals surface area contributed by atoms with E-state index in [2.05, 4.69) is 10.6 Å². The van der Waals surface area contributed by atoms with Gasteiger partial charge >= 0.3 is 11.9 Å². The van der Waals surface area contributed by atoms with Gasteiger partial charge in [-0.15, -0.1) is 0 Å². The summed E-state index contributed by atoms with van der Waals surface area (Å²) in [5.41, 5.74) is 3.17. The molecule has 0 aromatic heterocycles. The molecular formula is C28H38N2O6. The summed E-state index contributed by atoms with van der Waals surface area (Å²) in [4.78, 5) is 39.3. The Kier molecular flexibility index (Phi) is 9.70. The molecule has 1 atom stereocenters. The Bertz CT molecular complexity index is 1040. The van der Waals surface area contributed by atoms with Crippen molar-refractivity contribution in [1.82, 2.24) is 5.32 Å². The summed E-state index contributed by atoms with van der Waals surface area (Å²) in [7, 11) is 1.53. The van der Waals surface area contributed by atoms with Crippen LogP contribution in [0, 0.1) is 5.92 Å². The quantitative estimate of drug-likeness (QED) is 0.379. The lowest BCUT2D eigenvalue weighted by Crippen LogP contribution is -2.33. The zero-order valence-electron chi connectivity index (χ0n) is 21.9. The van der Waals surface area contributed by atoms with Crippen LogP contribution in [0.3, 0.4) is 0 Å². The van der Waals surface area contributed by atoms with E-state index in [9.17, 15) is 14.4 Å². The number of benzene rings is 1. The fourth-order valence-corrected chi connectivity index (χ4v) is 4.85. The summed E-state index contributed by atoms with van der Waals surface area (Å²) < 4.78 is 16.0. The molecule has 0 spiro atoms. The number of hydrogen-bond acceptors (Lipinski definition) is 7. The standard InChI is InChI=1S/C28H38N2O6/c1-17(2)36-28(33)24-19(4)29-18(3)23(27(32)35-15-14-34-5)25(24)21-12-9-13-22(16-21)30-26(31)20-10-7-6-8-11-20/h9,12-13,16-17,20,25,29H,6-8,10-11,14-15H2,1-5H3,(H,30,31)/t25-/m1/s1. The number of carbonyl (C=O) groups is 3. The van der Waals surface area contributed by atoms with Crippen molar-refractivity contribution in [3.8, 4) is 0 Å². The minimum absolute atomic E-state index is 0.00784. The number of carbonyl (C=O) groups excluding carboxylic acids is 3. The maximum absolute atomic E-state index is 13.2. The molecule has 2 aliphatic rings. The van der Waals surface area contributed by atoms with Crippen LogP contribution in [0.1, 0.15) is 71.3 Å². The number of hydrogen-bond donors (Lipinski definition) is 2. The van der Waals surface area contributed by atoms with E-state index in [4.69, 9.17) is 14.2 Å². The van der Waals surface area contributed by atoms with Crippen molar-refractivity contribution in [3.05, 3.63) is 52.4 Å². The zero-order valence-corrected chi connectivity index (χ0v) is 21.9. The highest BCUT2D eigenvalue weighted by Crippen LogP contribution is 2.40. The van der Waals surface area contributed by atoms with Crippen molar-refractivity contribution in [1.29, 1.82) is 0 Å². The Morgan fingerprint density at radius 3 is 2.31 bits per heavy atom. The Labute approximate surface area is 213 Å². The number of methoxy groups -OCH3 is 1. The Balaban J connectivity index is 1.98. The number of nitrogens with one attached hydrogen (secondary N) is 2. The van der Waals surface area contributed by atoms with Crippen LogP contribution in [-0.4, -0.2) is 44.3 Å². The Morgan fingerprint density at radius 1 is 1.00 bits per heavy atom. The van der Waals surface area contributed by atoms with Crippen LogP contribution in [0.5, 0.6) is 0 Å². The molecule has 36 heavy (non-hydrogen) atoms. The SMILES string of the molecule is COCCOC(=O)C1=C(C)NC(C)=C(C(=O)OC(C)C)[C@@H]1c1cccc(NC(=O)C2CCCCC2)c1. The number of esters is 2. The summed E-state index contributed by atoms with van der Waals surface area (Å²) >= 11 is 0. The van der Waals surface area contributed by atoms with E-state index in [1.807, 2.05) is 24.3 Å². The van der Waals surface area contributed by atoms with Crippen LogP contribution in [-0.2, 0) is 28.6 Å². The number of rotatable bonds is 9. The van der Waals surface area contributed by atoms with E-state index in [-0.39, 0.29) is 31.1 Å². The Morgan fingerprint density at radius 2 is 1.67 bits per heavy atom. The molecule has 0 saturated heterocycles. The number of anilines is 1. The molecule has 1 amide bonds. The predicted molar refractivity (Wildman–Crippen MR) is 137 cm³/mol. The largest absolute Gasteiger partial charge is 0.460 e. The maximum Gasteiger partial charge on any atom is 0.337 e. The average Bonchev–Trinajstić information content (AvgIpc) is 2.83. The molecule has 0 bridgehead atoms. The molecule has 2 N–H and O–H groups in total. The molecule has 1 aliphatic carbocycles. The third kappa shape index (κ3) is 6.75. The van der Waals surface area contributed by atoms with Crippen LogP contribution in [0.15, 0.2) is 46.8 Å². The molecule has 1 heterocycles. The molecule has 0 unspecified atom stereocenters. The van der Waals surface area contributed by atoms with Crippen molar-refractivity contribution >= 4 is 23.5 Å². The van der Waals surface area contributed by atoms with Gasteiger partial charge in [0.25, 0.3) is 0 Å². The van der Waals surface area contributed by atoms with Gasteiger partial charge in [-0.2, -0.15) is 0 Å². The first-order valence-corrected chi connectivity index (χ1v) is 12.7. The van der Waals surface area contributed by atoms with Gasteiger partial charge in [0, 0.05) is 30.1 Å². The molecule has 8 heteroatoms. The summed E-state index contributed by atoms with van der Waals surface area (Å²) in [6, 6.07) is 7.30. The van der Waals surface area contributed by atoms with Crippen LogP contribution in [0.2, 0.25) is 0 Å². The molecule has 1 aromatic rings. The first kappa shape index (κ1) is 27.5. The molecule has 1 aliphatic heterocycles. The molecule has 1 aromatic carbocycles. The molecule has 0 radical (unpaired) electrons. The van der Waals surface area contributed by atoms with Gasteiger partial charge in [0.05, 0.1) is 29.8 Å². The van der Waals surface area contributed by atoms with E-state index < -0.39 is 17.9 Å². The van der Waals surface area contributed by atoms with Crippen LogP contribution < -0.4 is 10.6 Å². The van der Waals surface area contributed by atoms with Crippen molar-refractivity contribution in [2.24, 2.45) is 5.92 Å². The monoisotopic (exact) mass is 498 g/mol. The highest BCUT2D eigenvalue weighted by Gasteiger charge is 2.38. The van der Waals surface area contributed by atoms with Gasteiger partial charge in [-0.25, -0.2) is 9.59 Å². The number of dihydropyridines is 1. The molecule has 8 nitrogen and oxygen atoms in total. The number of allylic oxidation sites excluding steroid dienone is 2. The fraction of sp³-hybridized carbons (Fsp3) is 0.536. The van der Waals surface area contributed by atoms with Crippen molar-refractivity contribution in [2.75, 3.05) is 25.6 Å². The predicted octanol–water partition coefficient (Wildman–Crippen LogP) is 4.58. The minimum atomic E-state index is -0.723. The van der Waals surface area contributed by atoms with Crippen molar-refractivity contribution in [3.63, 3.8) is 0 Å². The Hall–Kier alpha value is -3.13. The number of ether oxygens (including phenoxy) is 3. The highest BCUT2D eigenvalue weighted by atomic mass is 16.6. The first-order chi connectivity index (χ1) is 17.2. The summed E-state index contributed by atoms with van der Waals surface area (Å²) in [5.74, 6) is -1.76. The van der Waals surface area contributed by atoms with Gasteiger partial charge in [-0.1, -0.05) is 31.4 Å². The highest BCUT2D eigenvalue weighted by molar-refractivity contribution is 6.00. The minimum Gasteiger partial charge on any atom is -0.460 e. The lowest BCUT2D eigenvalue weighted by Gasteiger charge is -2.31. The second-order valence-electron chi connectivity index (χ2n) is 9.67. The van der Waals surface area contributed by atoms with E-state index in [1.165, 1.54) is 13.5 Å². The summed E-state index contributed by atoms with van der Waals surface area (Å²) in [5, 5.41) is 6.19. The average molecular weight is 499 g/mol. The summed E-state index contributed by atoms with van der Waals surface area (Å²) in [6.07, 6.45) is 4.77. The van der Waals surface area contributed by atoms with Crippen LogP contribution in [0.25, 0.3) is 0 Å². The topological polar surface area (TPSA) is 103 Å². The zero-order chi connectivity index (χ0) is 26.2. The third-order valence-electron chi connectivity index (χ3n) is 6.53. The van der Waals surface area contributed by atoms with E-state index in [1.54, 1.807) is 27.7 Å². The molecule has 1 fully saturated rings. The molecule has 1 saturated carbocycles. The normalized spacial score (nSPS) is 18.7. The molecule has 3 rings (SSSR count). The smallest absolute Gasteiger partial charge is 0.337 e. The van der Waals surface area contributed by atoms with E-state index in [0.717, 1.165) is 25.7 Å². The van der Waals surface area contributed by atoms with E-state index >= 15 is 0 Å². The van der Waals surface area contributed by atoms with Gasteiger partial charge in [-0.05, 0) is 58.2 Å². The van der Waals surface area contributed by atoms with Crippen molar-refractivity contribution in [2.45, 2.75) is 71.8 Å². The van der Waals surface area contributed by atoms with Gasteiger partial charge in [0.15, 0.2) is 0 Å².